The highest BCUT2D eigenvalue weighted by atomic mass is 19.4. The minimum absolute atomic E-state index is 8.47. The molecule has 0 N–H and O–H groups in total. The van der Waals surface area contributed by atoms with Gasteiger partial charge in [-0.2, -0.15) is 87.8 Å². The Morgan fingerprint density at radius 2 is 0.485 bits per heavy atom. The second-order valence-electron chi connectivity index (χ2n) is 6.36. The zero-order valence-corrected chi connectivity index (χ0v) is 13.8. The van der Waals surface area contributed by atoms with Gasteiger partial charge in [-0.05, 0) is 0 Å². The minimum Gasteiger partial charge on any atom is -0.228 e. The lowest BCUT2D eigenvalue weighted by molar-refractivity contribution is -0.559. The Kier molecular flexibility index (Phi) is 5.69. The zero-order chi connectivity index (χ0) is 27.5. The predicted octanol–water partition coefficient (Wildman–Crippen LogP) is 7.19. The lowest BCUT2D eigenvalue weighted by Gasteiger charge is -2.60. The largest absolute Gasteiger partial charge is 0.435 e. The minimum atomic E-state index is -9.75. The molecule has 1 aliphatic carbocycles. The molecule has 0 aromatic rings. The molecule has 0 nitrogen and oxygen atoms in total. The summed E-state index contributed by atoms with van der Waals surface area (Å²) >= 11 is 0. The lowest BCUT2D eigenvalue weighted by atomic mass is 9.55. The fraction of sp³-hybridized carbons (Fsp3) is 1.00. The number of rotatable bonds is 1. The molecule has 22 heteroatoms. The molecular formula is C11F22. The monoisotopic (exact) mass is 550 g/mol. The molecule has 0 aliphatic heterocycles. The third kappa shape index (κ3) is 2.60. The number of halogens is 22. The van der Waals surface area contributed by atoms with Crippen LogP contribution >= 0.6 is 0 Å². The van der Waals surface area contributed by atoms with E-state index in [2.05, 4.69) is 0 Å². The molecule has 1 aliphatic rings. The highest BCUT2D eigenvalue weighted by Crippen LogP contribution is 2.80. The van der Waals surface area contributed by atoms with Gasteiger partial charge < -0.3 is 0 Å². The van der Waals surface area contributed by atoms with Crippen molar-refractivity contribution in [2.45, 2.75) is 59.7 Å². The van der Waals surface area contributed by atoms with Crippen LogP contribution < -0.4 is 0 Å². The Morgan fingerprint density at radius 3 is 0.636 bits per heavy atom. The summed E-state index contributed by atoms with van der Waals surface area (Å²) in [4.78, 5) is 0. The second-order valence-corrected chi connectivity index (χ2v) is 6.36. The molecular weight excluding hydrogens is 550 g/mol. The maximum absolute atomic E-state index is 14.5. The van der Waals surface area contributed by atoms with E-state index in [1.807, 2.05) is 0 Å². The summed E-state index contributed by atoms with van der Waals surface area (Å²) in [5.41, 5.74) is -28.3. The Hall–Kier alpha value is -1.54. The first-order chi connectivity index (χ1) is 13.8. The van der Waals surface area contributed by atoms with Gasteiger partial charge in [-0.3, -0.25) is 0 Å². The van der Waals surface area contributed by atoms with E-state index in [1.54, 1.807) is 0 Å². The van der Waals surface area contributed by atoms with Crippen LogP contribution in [0.5, 0.6) is 0 Å². The first-order valence-corrected chi connectivity index (χ1v) is 6.91. The zero-order valence-electron chi connectivity index (χ0n) is 13.8. The molecule has 0 spiro atoms. The van der Waals surface area contributed by atoms with Crippen molar-refractivity contribution in [3.63, 3.8) is 0 Å². The van der Waals surface area contributed by atoms with E-state index < -0.39 is 65.1 Å². The standard InChI is InChI=1S/C11F22/c12-2(1(8(22,23)24,9(25,26)27)10(28,29)30)4(14,15)6(18,19)3(13,11(31,32)33)7(20,21)5(2,16)17. The molecule has 0 amide bonds. The summed E-state index contributed by atoms with van der Waals surface area (Å²) < 4.78 is 291. The Balaban J connectivity index is 4.65. The fourth-order valence-corrected chi connectivity index (χ4v) is 3.15. The van der Waals surface area contributed by atoms with Crippen LogP contribution in [0.15, 0.2) is 0 Å². The van der Waals surface area contributed by atoms with Crippen molar-refractivity contribution in [2.75, 3.05) is 0 Å². The molecule has 33 heavy (non-hydrogen) atoms. The average molecular weight is 550 g/mol. The van der Waals surface area contributed by atoms with Crippen molar-refractivity contribution in [3.8, 4) is 0 Å². The van der Waals surface area contributed by atoms with Crippen LogP contribution in [0.1, 0.15) is 0 Å². The molecule has 0 aromatic heterocycles. The smallest absolute Gasteiger partial charge is 0.228 e. The van der Waals surface area contributed by atoms with Crippen LogP contribution in [0, 0.1) is 5.41 Å². The molecule has 0 heterocycles. The van der Waals surface area contributed by atoms with Crippen LogP contribution in [-0.2, 0) is 0 Å². The van der Waals surface area contributed by atoms with Crippen LogP contribution in [-0.4, -0.2) is 59.7 Å². The van der Waals surface area contributed by atoms with Gasteiger partial charge in [0.15, 0.2) is 0 Å². The Morgan fingerprint density at radius 1 is 0.303 bits per heavy atom. The van der Waals surface area contributed by atoms with Crippen molar-refractivity contribution in [1.82, 2.24) is 0 Å². The van der Waals surface area contributed by atoms with E-state index in [1.165, 1.54) is 0 Å². The Bertz CT molecular complexity index is 704. The molecule has 1 saturated carbocycles. The summed E-state index contributed by atoms with van der Waals surface area (Å²) in [6.07, 6.45) is -35.6. The van der Waals surface area contributed by atoms with Gasteiger partial charge in [-0.15, -0.1) is 0 Å². The van der Waals surface area contributed by atoms with E-state index in [0.717, 1.165) is 0 Å². The second kappa shape index (κ2) is 6.36. The summed E-state index contributed by atoms with van der Waals surface area (Å²) in [5.74, 6) is -37.1. The van der Waals surface area contributed by atoms with Crippen molar-refractivity contribution in [3.05, 3.63) is 0 Å². The molecule has 1 fully saturated rings. The van der Waals surface area contributed by atoms with E-state index in [9.17, 15) is 96.6 Å². The highest BCUT2D eigenvalue weighted by molar-refractivity contribution is 5.37. The van der Waals surface area contributed by atoms with Crippen LogP contribution in [0.25, 0.3) is 0 Å². The molecule has 198 valence electrons. The van der Waals surface area contributed by atoms with Crippen molar-refractivity contribution in [1.29, 1.82) is 0 Å². The molecule has 0 saturated heterocycles. The van der Waals surface area contributed by atoms with E-state index in [-0.39, 0.29) is 0 Å². The molecule has 0 radical (unpaired) electrons. The predicted molar refractivity (Wildman–Crippen MR) is 54.1 cm³/mol. The highest BCUT2D eigenvalue weighted by Gasteiger charge is 3.13. The summed E-state index contributed by atoms with van der Waals surface area (Å²) in [5, 5.41) is 0. The summed E-state index contributed by atoms with van der Waals surface area (Å²) in [7, 11) is 0. The van der Waals surface area contributed by atoms with Gasteiger partial charge in [-0.1, -0.05) is 0 Å². The number of hydrogen-bond acceptors (Lipinski definition) is 0. The number of alkyl halides is 22. The SMILES string of the molecule is FC(F)(F)C1(F)C(F)(F)C(F)(F)C(F)(C(C(F)(F)F)(C(F)(F)F)C(F)(F)F)C(F)(F)C1(F)F. The van der Waals surface area contributed by atoms with Gasteiger partial charge in [0, 0.05) is 0 Å². The summed E-state index contributed by atoms with van der Waals surface area (Å²) in [6.45, 7) is 0. The topological polar surface area (TPSA) is 0 Å². The van der Waals surface area contributed by atoms with Crippen molar-refractivity contribution >= 4 is 0 Å². The van der Waals surface area contributed by atoms with E-state index in [4.69, 9.17) is 0 Å². The quantitative estimate of drug-likeness (QED) is 0.304. The third-order valence-corrected chi connectivity index (χ3v) is 4.70. The summed E-state index contributed by atoms with van der Waals surface area (Å²) in [6, 6.07) is 0. The molecule has 0 atom stereocenters. The molecule has 0 bridgehead atoms. The molecule has 0 unspecified atom stereocenters. The maximum atomic E-state index is 14.5. The van der Waals surface area contributed by atoms with Crippen LogP contribution in [0.2, 0.25) is 0 Å². The first-order valence-electron chi connectivity index (χ1n) is 6.91. The lowest BCUT2D eigenvalue weighted by Crippen LogP contribution is -2.93. The van der Waals surface area contributed by atoms with Gasteiger partial charge in [0.1, 0.15) is 0 Å². The average Bonchev–Trinajstić information content (AvgIpc) is 2.46. The van der Waals surface area contributed by atoms with Crippen molar-refractivity contribution < 1.29 is 96.6 Å². The van der Waals surface area contributed by atoms with Gasteiger partial charge in [-0.25, -0.2) is 8.78 Å². The Labute approximate surface area is 163 Å². The van der Waals surface area contributed by atoms with Crippen LogP contribution in [0.4, 0.5) is 96.6 Å². The van der Waals surface area contributed by atoms with Crippen LogP contribution in [0.3, 0.4) is 0 Å². The normalized spacial score (nSPS) is 32.5. The number of hydrogen-bond donors (Lipinski definition) is 0. The van der Waals surface area contributed by atoms with E-state index >= 15 is 0 Å². The third-order valence-electron chi connectivity index (χ3n) is 4.70. The fourth-order valence-electron chi connectivity index (χ4n) is 3.15. The maximum Gasteiger partial charge on any atom is 0.435 e. The van der Waals surface area contributed by atoms with E-state index in [0.29, 0.717) is 0 Å². The molecule has 1 rings (SSSR count). The van der Waals surface area contributed by atoms with Gasteiger partial charge in [0.2, 0.25) is 0 Å². The molecule has 0 aromatic carbocycles. The van der Waals surface area contributed by atoms with Crippen molar-refractivity contribution in [2.24, 2.45) is 5.41 Å². The van der Waals surface area contributed by atoms with Gasteiger partial charge in [0.05, 0.1) is 0 Å². The van der Waals surface area contributed by atoms with Gasteiger partial charge in [0.25, 0.3) is 5.67 Å². The van der Waals surface area contributed by atoms with Gasteiger partial charge >= 0.3 is 59.5 Å². The first kappa shape index (κ1) is 29.5.